The van der Waals surface area contributed by atoms with Gasteiger partial charge in [-0.25, -0.2) is 4.99 Å². The van der Waals surface area contributed by atoms with Crippen LogP contribution < -0.4 is 15.4 Å². The van der Waals surface area contributed by atoms with Gasteiger partial charge in [0.25, 0.3) is 0 Å². The summed E-state index contributed by atoms with van der Waals surface area (Å²) in [4.78, 5) is 4.59. The third-order valence-electron chi connectivity index (χ3n) is 2.72. The van der Waals surface area contributed by atoms with Crippen molar-refractivity contribution in [2.45, 2.75) is 46.3 Å². The molecule has 0 aliphatic rings. The molecule has 0 aliphatic carbocycles. The van der Waals surface area contributed by atoms with Crippen LogP contribution in [0.15, 0.2) is 35.3 Å². The van der Waals surface area contributed by atoms with E-state index in [-0.39, 0.29) is 6.10 Å². The van der Waals surface area contributed by atoms with Gasteiger partial charge < -0.3 is 15.4 Å². The highest BCUT2D eigenvalue weighted by molar-refractivity contribution is 5.79. The zero-order valence-electron chi connectivity index (χ0n) is 13.0. The Hall–Kier alpha value is -1.71. The Kier molecular flexibility index (Phi) is 7.55. The van der Waals surface area contributed by atoms with Gasteiger partial charge in [-0.1, -0.05) is 25.1 Å². The summed E-state index contributed by atoms with van der Waals surface area (Å²) in [5.41, 5.74) is 0. The number of nitrogens with one attached hydrogen (secondary N) is 2. The van der Waals surface area contributed by atoms with Crippen LogP contribution in [0.2, 0.25) is 0 Å². The predicted octanol–water partition coefficient (Wildman–Crippen LogP) is 2.81. The molecule has 2 N–H and O–H groups in total. The molecule has 4 nitrogen and oxygen atoms in total. The van der Waals surface area contributed by atoms with Crippen molar-refractivity contribution in [3.05, 3.63) is 30.3 Å². The van der Waals surface area contributed by atoms with Crippen molar-refractivity contribution in [1.82, 2.24) is 10.6 Å². The molecule has 1 aromatic carbocycles. The quantitative estimate of drug-likeness (QED) is 0.595. The van der Waals surface area contributed by atoms with Crippen LogP contribution in [0, 0.1) is 0 Å². The van der Waals surface area contributed by atoms with Crippen LogP contribution in [-0.4, -0.2) is 31.2 Å². The third-order valence-corrected chi connectivity index (χ3v) is 2.72. The van der Waals surface area contributed by atoms with Crippen LogP contribution in [0.4, 0.5) is 0 Å². The van der Waals surface area contributed by atoms with E-state index in [1.165, 1.54) is 0 Å². The third kappa shape index (κ3) is 6.45. The van der Waals surface area contributed by atoms with Gasteiger partial charge in [0.05, 0.1) is 6.54 Å². The summed E-state index contributed by atoms with van der Waals surface area (Å²) < 4.78 is 5.93. The molecule has 0 fully saturated rings. The highest BCUT2D eigenvalue weighted by atomic mass is 16.5. The summed E-state index contributed by atoms with van der Waals surface area (Å²) in [6.07, 6.45) is 1.03. The number of guanidine groups is 1. The molecule has 1 aromatic rings. The summed E-state index contributed by atoms with van der Waals surface area (Å²) in [6.45, 7) is 9.89. The van der Waals surface area contributed by atoms with Crippen LogP contribution in [0.25, 0.3) is 0 Å². The van der Waals surface area contributed by atoms with Gasteiger partial charge in [-0.2, -0.15) is 0 Å². The van der Waals surface area contributed by atoms with Crippen molar-refractivity contribution < 1.29 is 4.74 Å². The Bertz CT molecular complexity index is 390. The first kappa shape index (κ1) is 16.3. The average molecular weight is 277 g/mol. The summed E-state index contributed by atoms with van der Waals surface area (Å²) in [6, 6.07) is 10.3. The van der Waals surface area contributed by atoms with E-state index >= 15 is 0 Å². The maximum atomic E-state index is 5.93. The van der Waals surface area contributed by atoms with Crippen molar-refractivity contribution in [2.24, 2.45) is 4.99 Å². The number of benzene rings is 1. The maximum Gasteiger partial charge on any atom is 0.191 e. The van der Waals surface area contributed by atoms with Crippen LogP contribution in [0.3, 0.4) is 0 Å². The molecule has 1 atom stereocenters. The molecule has 1 unspecified atom stereocenters. The minimum absolute atomic E-state index is 0.0972. The van der Waals surface area contributed by atoms with E-state index in [4.69, 9.17) is 4.74 Å². The summed E-state index contributed by atoms with van der Waals surface area (Å²) >= 11 is 0. The van der Waals surface area contributed by atoms with Gasteiger partial charge in [0.2, 0.25) is 0 Å². The van der Waals surface area contributed by atoms with Gasteiger partial charge in [-0.05, 0) is 39.3 Å². The Balaban J connectivity index is 2.57. The molecule has 0 aliphatic heterocycles. The topological polar surface area (TPSA) is 45.7 Å². The lowest BCUT2D eigenvalue weighted by Gasteiger charge is -2.18. The summed E-state index contributed by atoms with van der Waals surface area (Å²) in [7, 11) is 0. The maximum absolute atomic E-state index is 5.93. The lowest BCUT2D eigenvalue weighted by Crippen LogP contribution is -2.41. The van der Waals surface area contributed by atoms with Gasteiger partial charge in [0.15, 0.2) is 5.96 Å². The SMILES string of the molecule is CCNC(=NCC(CC)Oc1ccccc1)NC(C)C. The molecule has 112 valence electrons. The second kappa shape index (κ2) is 9.23. The van der Waals surface area contributed by atoms with Gasteiger partial charge in [0.1, 0.15) is 11.9 Å². The molecule has 0 saturated heterocycles. The number of hydrogen-bond donors (Lipinski definition) is 2. The lowest BCUT2D eigenvalue weighted by molar-refractivity contribution is 0.205. The highest BCUT2D eigenvalue weighted by Gasteiger charge is 2.08. The van der Waals surface area contributed by atoms with E-state index < -0.39 is 0 Å². The number of ether oxygens (including phenoxy) is 1. The first-order valence-corrected chi connectivity index (χ1v) is 7.42. The zero-order valence-corrected chi connectivity index (χ0v) is 13.0. The van der Waals surface area contributed by atoms with E-state index in [1.807, 2.05) is 30.3 Å². The molecule has 20 heavy (non-hydrogen) atoms. The van der Waals surface area contributed by atoms with E-state index in [0.29, 0.717) is 12.6 Å². The second-order valence-corrected chi connectivity index (χ2v) is 4.98. The molecule has 0 spiro atoms. The molecule has 0 bridgehead atoms. The Morgan fingerprint density at radius 3 is 2.45 bits per heavy atom. The van der Waals surface area contributed by atoms with Crippen molar-refractivity contribution in [2.75, 3.05) is 13.1 Å². The molecule has 0 heterocycles. The Labute approximate surface area is 122 Å². The van der Waals surface area contributed by atoms with E-state index in [2.05, 4.69) is 43.3 Å². The molecule has 0 saturated carbocycles. The van der Waals surface area contributed by atoms with Crippen LogP contribution in [0.1, 0.15) is 34.1 Å². The van der Waals surface area contributed by atoms with E-state index in [0.717, 1.165) is 24.7 Å². The van der Waals surface area contributed by atoms with Gasteiger partial charge >= 0.3 is 0 Å². The molecule has 0 amide bonds. The average Bonchev–Trinajstić information content (AvgIpc) is 2.44. The molecule has 1 rings (SSSR count). The smallest absolute Gasteiger partial charge is 0.191 e. The first-order valence-electron chi connectivity index (χ1n) is 7.42. The molecule has 0 aromatic heterocycles. The minimum Gasteiger partial charge on any atom is -0.489 e. The van der Waals surface area contributed by atoms with Gasteiger partial charge in [-0.3, -0.25) is 0 Å². The standard InChI is InChI=1S/C16H27N3O/c1-5-14(20-15-10-8-7-9-11-15)12-18-16(17-6-2)19-13(3)4/h7-11,13-14H,5-6,12H2,1-4H3,(H2,17,18,19). The number of hydrogen-bond acceptors (Lipinski definition) is 2. The van der Waals surface area contributed by atoms with Crippen molar-refractivity contribution in [3.8, 4) is 5.75 Å². The van der Waals surface area contributed by atoms with Crippen LogP contribution >= 0.6 is 0 Å². The molecule has 0 radical (unpaired) electrons. The predicted molar refractivity (Wildman–Crippen MR) is 85.4 cm³/mol. The number of nitrogens with zero attached hydrogens (tertiary/aromatic N) is 1. The van der Waals surface area contributed by atoms with E-state index in [9.17, 15) is 0 Å². The first-order chi connectivity index (χ1) is 9.65. The Morgan fingerprint density at radius 2 is 1.90 bits per heavy atom. The fourth-order valence-electron chi connectivity index (χ4n) is 1.73. The molecular formula is C16H27N3O. The van der Waals surface area contributed by atoms with Crippen LogP contribution in [-0.2, 0) is 0 Å². The summed E-state index contributed by atoms with van der Waals surface area (Å²) in [5, 5.41) is 6.55. The van der Waals surface area contributed by atoms with Crippen molar-refractivity contribution in [3.63, 3.8) is 0 Å². The van der Waals surface area contributed by atoms with Crippen molar-refractivity contribution >= 4 is 5.96 Å². The largest absolute Gasteiger partial charge is 0.489 e. The molecule has 4 heteroatoms. The van der Waals surface area contributed by atoms with Gasteiger partial charge in [0, 0.05) is 12.6 Å². The van der Waals surface area contributed by atoms with Crippen molar-refractivity contribution in [1.29, 1.82) is 0 Å². The fourth-order valence-corrected chi connectivity index (χ4v) is 1.73. The molecular weight excluding hydrogens is 250 g/mol. The lowest BCUT2D eigenvalue weighted by atomic mass is 10.2. The highest BCUT2D eigenvalue weighted by Crippen LogP contribution is 2.12. The number of para-hydroxylation sites is 1. The normalized spacial score (nSPS) is 13.2. The van der Waals surface area contributed by atoms with Gasteiger partial charge in [-0.15, -0.1) is 0 Å². The number of aliphatic imine (C=N–C) groups is 1. The Morgan fingerprint density at radius 1 is 1.20 bits per heavy atom. The van der Waals surface area contributed by atoms with Crippen LogP contribution in [0.5, 0.6) is 5.75 Å². The number of rotatable bonds is 7. The second-order valence-electron chi connectivity index (χ2n) is 4.98. The fraction of sp³-hybridized carbons (Fsp3) is 0.562. The monoisotopic (exact) mass is 277 g/mol. The summed E-state index contributed by atoms with van der Waals surface area (Å²) in [5.74, 6) is 1.74. The zero-order chi connectivity index (χ0) is 14.8. The van der Waals surface area contributed by atoms with E-state index in [1.54, 1.807) is 0 Å². The minimum atomic E-state index is 0.0972.